The van der Waals surface area contributed by atoms with Crippen LogP contribution in [0.3, 0.4) is 0 Å². The minimum Gasteiger partial charge on any atom is -0.489 e. The molecule has 2 heteroatoms. The maximum atomic E-state index is 5.74. The molecule has 1 radical (unpaired) electrons. The standard InChI is InChI=1S/C15H12NO/c1-2-4-12(5-3-1)11-17-14-7-6-13-8-9-16-15(13)10-14/h1-7,9-10,16H,11H2. The van der Waals surface area contributed by atoms with Crippen LogP contribution < -0.4 is 4.74 Å². The molecule has 17 heavy (non-hydrogen) atoms. The van der Waals surface area contributed by atoms with Crippen molar-refractivity contribution in [2.45, 2.75) is 6.61 Å². The van der Waals surface area contributed by atoms with Crippen LogP contribution in [0.5, 0.6) is 5.75 Å². The molecule has 2 nitrogen and oxygen atoms in total. The van der Waals surface area contributed by atoms with Crippen LogP contribution in [0.25, 0.3) is 10.9 Å². The summed E-state index contributed by atoms with van der Waals surface area (Å²) >= 11 is 0. The van der Waals surface area contributed by atoms with Crippen molar-refractivity contribution < 1.29 is 4.74 Å². The highest BCUT2D eigenvalue weighted by Gasteiger charge is 1.98. The second-order valence-corrected chi connectivity index (χ2v) is 3.91. The fourth-order valence-electron chi connectivity index (χ4n) is 1.79. The van der Waals surface area contributed by atoms with Crippen molar-refractivity contribution >= 4 is 10.9 Å². The third kappa shape index (κ3) is 2.16. The third-order valence-electron chi connectivity index (χ3n) is 2.69. The van der Waals surface area contributed by atoms with Gasteiger partial charge in [-0.05, 0) is 17.7 Å². The summed E-state index contributed by atoms with van der Waals surface area (Å²) in [4.78, 5) is 3.12. The van der Waals surface area contributed by atoms with Gasteiger partial charge in [0.05, 0.1) is 0 Å². The lowest BCUT2D eigenvalue weighted by molar-refractivity contribution is 0.306. The summed E-state index contributed by atoms with van der Waals surface area (Å²) in [7, 11) is 0. The van der Waals surface area contributed by atoms with Crippen molar-refractivity contribution in [2.24, 2.45) is 0 Å². The van der Waals surface area contributed by atoms with Gasteiger partial charge in [-0.3, -0.25) is 0 Å². The van der Waals surface area contributed by atoms with Crippen molar-refractivity contribution in [3.8, 4) is 5.75 Å². The minimum atomic E-state index is 0.594. The Hall–Kier alpha value is -2.22. The number of aromatic amines is 1. The van der Waals surface area contributed by atoms with Gasteiger partial charge in [0.2, 0.25) is 0 Å². The van der Waals surface area contributed by atoms with Gasteiger partial charge in [-0.15, -0.1) is 0 Å². The zero-order valence-corrected chi connectivity index (χ0v) is 9.31. The molecule has 0 atom stereocenters. The molecule has 0 aliphatic carbocycles. The lowest BCUT2D eigenvalue weighted by atomic mass is 10.2. The van der Waals surface area contributed by atoms with E-state index >= 15 is 0 Å². The Morgan fingerprint density at radius 3 is 2.82 bits per heavy atom. The molecule has 2 aromatic carbocycles. The summed E-state index contributed by atoms with van der Waals surface area (Å²) in [6.45, 7) is 0.594. The van der Waals surface area contributed by atoms with Crippen molar-refractivity contribution in [3.05, 3.63) is 66.4 Å². The minimum absolute atomic E-state index is 0.594. The lowest BCUT2D eigenvalue weighted by Crippen LogP contribution is -1.94. The van der Waals surface area contributed by atoms with E-state index in [9.17, 15) is 0 Å². The largest absolute Gasteiger partial charge is 0.489 e. The van der Waals surface area contributed by atoms with E-state index in [-0.39, 0.29) is 0 Å². The fraction of sp³-hybridized carbons (Fsp3) is 0.0667. The Balaban J connectivity index is 1.76. The Kier molecular flexibility index (Phi) is 2.54. The first-order valence-electron chi connectivity index (χ1n) is 5.57. The van der Waals surface area contributed by atoms with Crippen LogP contribution in [0, 0.1) is 6.07 Å². The number of H-pyrrole nitrogens is 1. The Bertz CT molecular complexity index is 613. The van der Waals surface area contributed by atoms with Crippen molar-refractivity contribution in [1.29, 1.82) is 0 Å². The zero-order valence-electron chi connectivity index (χ0n) is 9.31. The van der Waals surface area contributed by atoms with Crippen LogP contribution in [0.15, 0.2) is 54.7 Å². The molecule has 0 aliphatic heterocycles. The smallest absolute Gasteiger partial charge is 0.121 e. The molecule has 0 saturated carbocycles. The molecule has 1 heterocycles. The molecule has 0 saturated heterocycles. The maximum Gasteiger partial charge on any atom is 0.121 e. The van der Waals surface area contributed by atoms with Crippen molar-refractivity contribution in [3.63, 3.8) is 0 Å². The van der Waals surface area contributed by atoms with E-state index in [1.54, 1.807) is 0 Å². The molecule has 1 N–H and O–H groups in total. The number of hydrogen-bond donors (Lipinski definition) is 1. The normalized spacial score (nSPS) is 10.6. The first-order valence-corrected chi connectivity index (χ1v) is 5.57. The SMILES string of the molecule is [c]1c[nH]c2cc(OCc3ccccc3)ccc12. The second-order valence-electron chi connectivity index (χ2n) is 3.91. The number of hydrogen-bond acceptors (Lipinski definition) is 1. The molecule has 0 amide bonds. The summed E-state index contributed by atoms with van der Waals surface area (Å²) < 4.78 is 5.74. The monoisotopic (exact) mass is 222 g/mol. The van der Waals surface area contributed by atoms with Gasteiger partial charge < -0.3 is 9.72 Å². The molecule has 3 rings (SSSR count). The topological polar surface area (TPSA) is 25.0 Å². The van der Waals surface area contributed by atoms with E-state index in [1.807, 2.05) is 42.6 Å². The molecule has 0 fully saturated rings. The van der Waals surface area contributed by atoms with E-state index in [1.165, 1.54) is 5.56 Å². The Morgan fingerprint density at radius 2 is 1.94 bits per heavy atom. The van der Waals surface area contributed by atoms with Gasteiger partial charge in [0, 0.05) is 29.2 Å². The van der Waals surface area contributed by atoms with Gasteiger partial charge in [0.1, 0.15) is 12.4 Å². The van der Waals surface area contributed by atoms with Crippen LogP contribution in [-0.4, -0.2) is 4.98 Å². The highest BCUT2D eigenvalue weighted by atomic mass is 16.5. The first kappa shape index (κ1) is 9.97. The number of ether oxygens (including phenoxy) is 1. The Morgan fingerprint density at radius 1 is 1.06 bits per heavy atom. The van der Waals surface area contributed by atoms with Crippen molar-refractivity contribution in [1.82, 2.24) is 4.98 Å². The van der Waals surface area contributed by atoms with Gasteiger partial charge in [-0.25, -0.2) is 0 Å². The highest BCUT2D eigenvalue weighted by molar-refractivity contribution is 5.79. The number of fused-ring (bicyclic) bond motifs is 1. The molecule has 0 spiro atoms. The second kappa shape index (κ2) is 4.34. The number of aromatic nitrogens is 1. The van der Waals surface area contributed by atoms with Crippen LogP contribution in [0.2, 0.25) is 0 Å². The predicted molar refractivity (Wildman–Crippen MR) is 67.9 cm³/mol. The maximum absolute atomic E-state index is 5.74. The van der Waals surface area contributed by atoms with Crippen molar-refractivity contribution in [2.75, 3.05) is 0 Å². The van der Waals surface area contributed by atoms with Crippen LogP contribution in [-0.2, 0) is 6.61 Å². The summed E-state index contributed by atoms with van der Waals surface area (Å²) in [5.74, 6) is 0.872. The first-order chi connectivity index (χ1) is 8.42. The van der Waals surface area contributed by atoms with Gasteiger partial charge in [-0.1, -0.05) is 30.3 Å². The van der Waals surface area contributed by atoms with E-state index in [0.717, 1.165) is 16.7 Å². The quantitative estimate of drug-likeness (QED) is 0.720. The summed E-state index contributed by atoms with van der Waals surface area (Å²) in [5.41, 5.74) is 2.22. The van der Waals surface area contributed by atoms with E-state index in [2.05, 4.69) is 23.2 Å². The van der Waals surface area contributed by atoms with Gasteiger partial charge in [-0.2, -0.15) is 0 Å². The number of nitrogens with one attached hydrogen (secondary N) is 1. The average molecular weight is 222 g/mol. The molecule has 0 unspecified atom stereocenters. The molecule has 1 aromatic heterocycles. The van der Waals surface area contributed by atoms with Crippen LogP contribution in [0.4, 0.5) is 0 Å². The average Bonchev–Trinajstić information content (AvgIpc) is 2.85. The van der Waals surface area contributed by atoms with Gasteiger partial charge in [0.25, 0.3) is 0 Å². The summed E-state index contributed by atoms with van der Waals surface area (Å²) in [5, 5.41) is 1.08. The molecule has 3 aromatic rings. The van der Waals surface area contributed by atoms with E-state index < -0.39 is 0 Å². The fourth-order valence-corrected chi connectivity index (χ4v) is 1.79. The molecule has 0 bridgehead atoms. The number of benzene rings is 2. The molecular formula is C15H12NO. The molecule has 0 aliphatic rings. The molecular weight excluding hydrogens is 210 g/mol. The van der Waals surface area contributed by atoms with E-state index in [4.69, 9.17) is 4.74 Å². The summed E-state index contributed by atoms with van der Waals surface area (Å²) in [6.07, 6.45) is 1.81. The number of rotatable bonds is 3. The van der Waals surface area contributed by atoms with Gasteiger partial charge in [0.15, 0.2) is 0 Å². The van der Waals surface area contributed by atoms with Crippen LogP contribution >= 0.6 is 0 Å². The zero-order chi connectivity index (χ0) is 11.5. The molecule has 83 valence electrons. The predicted octanol–water partition coefficient (Wildman–Crippen LogP) is 3.55. The van der Waals surface area contributed by atoms with Crippen LogP contribution in [0.1, 0.15) is 5.56 Å². The van der Waals surface area contributed by atoms with E-state index in [0.29, 0.717) is 6.61 Å². The Labute approximate surface area is 99.9 Å². The lowest BCUT2D eigenvalue weighted by Gasteiger charge is -2.06. The third-order valence-corrected chi connectivity index (χ3v) is 2.69. The van der Waals surface area contributed by atoms with Gasteiger partial charge >= 0.3 is 0 Å². The summed E-state index contributed by atoms with van der Waals surface area (Å²) in [6, 6.07) is 19.2. The highest BCUT2D eigenvalue weighted by Crippen LogP contribution is 2.19.